The third-order valence-electron chi connectivity index (χ3n) is 3.38. The molecule has 2 heteroatoms. The molecule has 20 heavy (non-hydrogen) atoms. The summed E-state index contributed by atoms with van der Waals surface area (Å²) in [5.74, 6) is 0.970. The van der Waals surface area contributed by atoms with Crippen LogP contribution in [0.5, 0.6) is 5.75 Å². The SMILES string of the molecule is [CH2]c1cc(OCCC)c(CC)c(CCOCCC)c1[CH2]. The maximum absolute atomic E-state index is 5.87. The van der Waals surface area contributed by atoms with Gasteiger partial charge in [-0.1, -0.05) is 20.8 Å². The van der Waals surface area contributed by atoms with Gasteiger partial charge in [-0.05, 0) is 67.9 Å². The Bertz CT molecular complexity index is 410. The monoisotopic (exact) mass is 276 g/mol. The molecule has 0 aliphatic carbocycles. The van der Waals surface area contributed by atoms with Crippen LogP contribution in [0.25, 0.3) is 0 Å². The largest absolute Gasteiger partial charge is 0.493 e. The molecule has 0 saturated carbocycles. The van der Waals surface area contributed by atoms with E-state index in [4.69, 9.17) is 9.47 Å². The van der Waals surface area contributed by atoms with E-state index >= 15 is 0 Å². The Labute approximate surface area is 124 Å². The lowest BCUT2D eigenvalue weighted by molar-refractivity contribution is 0.137. The van der Waals surface area contributed by atoms with Crippen molar-refractivity contribution >= 4 is 0 Å². The van der Waals surface area contributed by atoms with Crippen LogP contribution >= 0.6 is 0 Å². The number of rotatable bonds is 9. The zero-order valence-corrected chi connectivity index (χ0v) is 13.3. The van der Waals surface area contributed by atoms with E-state index < -0.39 is 0 Å². The van der Waals surface area contributed by atoms with Crippen LogP contribution in [0, 0.1) is 13.8 Å². The zero-order chi connectivity index (χ0) is 15.0. The second kappa shape index (κ2) is 9.02. The summed E-state index contributed by atoms with van der Waals surface area (Å²) in [4.78, 5) is 0. The number of hydrogen-bond acceptors (Lipinski definition) is 2. The van der Waals surface area contributed by atoms with Gasteiger partial charge in [0, 0.05) is 6.61 Å². The van der Waals surface area contributed by atoms with Crippen LogP contribution < -0.4 is 4.74 Å². The van der Waals surface area contributed by atoms with Crippen molar-refractivity contribution in [1.29, 1.82) is 0 Å². The molecule has 1 aromatic carbocycles. The highest BCUT2D eigenvalue weighted by Crippen LogP contribution is 2.29. The summed E-state index contributed by atoms with van der Waals surface area (Å²) in [6.45, 7) is 17.0. The normalized spacial score (nSPS) is 10.8. The van der Waals surface area contributed by atoms with Crippen LogP contribution in [0.15, 0.2) is 6.07 Å². The summed E-state index contributed by atoms with van der Waals surface area (Å²) in [5, 5.41) is 0. The van der Waals surface area contributed by atoms with E-state index in [1.165, 1.54) is 11.1 Å². The molecule has 1 rings (SSSR count). The predicted molar refractivity (Wildman–Crippen MR) is 85.3 cm³/mol. The molecule has 0 aliphatic heterocycles. The quantitative estimate of drug-likeness (QED) is 0.623. The van der Waals surface area contributed by atoms with Crippen molar-refractivity contribution in [2.45, 2.75) is 46.5 Å². The van der Waals surface area contributed by atoms with Crippen LogP contribution in [0.1, 0.15) is 55.9 Å². The second-order valence-corrected chi connectivity index (χ2v) is 5.03. The van der Waals surface area contributed by atoms with E-state index in [0.717, 1.165) is 62.4 Å². The molecule has 0 atom stereocenters. The van der Waals surface area contributed by atoms with Crippen molar-refractivity contribution in [1.82, 2.24) is 0 Å². The molecule has 2 radical (unpaired) electrons. The molecule has 0 amide bonds. The zero-order valence-electron chi connectivity index (χ0n) is 13.3. The molecule has 0 spiro atoms. The minimum absolute atomic E-state index is 0.736. The van der Waals surface area contributed by atoms with Crippen LogP contribution in [-0.4, -0.2) is 19.8 Å². The first-order valence-corrected chi connectivity index (χ1v) is 7.68. The van der Waals surface area contributed by atoms with Gasteiger partial charge in [-0.25, -0.2) is 0 Å². The summed E-state index contributed by atoms with van der Waals surface area (Å²) in [6, 6.07) is 2.02. The molecule has 0 saturated heterocycles. The summed E-state index contributed by atoms with van der Waals surface area (Å²) in [6.07, 6.45) is 3.90. The molecule has 0 aromatic heterocycles. The molecule has 112 valence electrons. The van der Waals surface area contributed by atoms with Crippen LogP contribution in [0.2, 0.25) is 0 Å². The standard InChI is InChI=1S/C18H28O2/c1-6-10-19-12-9-17-15(5)14(4)13-18(16(17)8-3)20-11-7-2/h13H,4-12H2,1-3H3. The third-order valence-corrected chi connectivity index (χ3v) is 3.38. The van der Waals surface area contributed by atoms with Gasteiger partial charge in [-0.2, -0.15) is 0 Å². The van der Waals surface area contributed by atoms with E-state index in [-0.39, 0.29) is 0 Å². The van der Waals surface area contributed by atoms with Gasteiger partial charge < -0.3 is 9.47 Å². The van der Waals surface area contributed by atoms with Gasteiger partial charge in [0.15, 0.2) is 0 Å². The Morgan fingerprint density at radius 3 is 2.25 bits per heavy atom. The average Bonchev–Trinajstić information content (AvgIpc) is 2.45. The average molecular weight is 276 g/mol. The first-order valence-electron chi connectivity index (χ1n) is 7.68. The molecular formula is C18H28O2. The van der Waals surface area contributed by atoms with Gasteiger partial charge in [0.1, 0.15) is 5.75 Å². The summed E-state index contributed by atoms with van der Waals surface area (Å²) in [5.41, 5.74) is 4.50. The third kappa shape index (κ3) is 4.52. The van der Waals surface area contributed by atoms with Gasteiger partial charge in [0.05, 0.1) is 13.2 Å². The Morgan fingerprint density at radius 1 is 0.950 bits per heavy atom. The molecular weight excluding hydrogens is 248 g/mol. The minimum Gasteiger partial charge on any atom is -0.493 e. The number of hydrogen-bond donors (Lipinski definition) is 0. The van der Waals surface area contributed by atoms with Gasteiger partial charge in [-0.3, -0.25) is 0 Å². The van der Waals surface area contributed by atoms with Crippen molar-refractivity contribution in [3.05, 3.63) is 42.2 Å². The highest BCUT2D eigenvalue weighted by atomic mass is 16.5. The van der Waals surface area contributed by atoms with Crippen molar-refractivity contribution in [2.75, 3.05) is 19.8 Å². The van der Waals surface area contributed by atoms with Crippen LogP contribution in [-0.2, 0) is 17.6 Å². The lowest BCUT2D eigenvalue weighted by Gasteiger charge is -2.19. The Hall–Kier alpha value is -1.02. The minimum atomic E-state index is 0.736. The van der Waals surface area contributed by atoms with E-state index in [0.29, 0.717) is 0 Å². The Balaban J connectivity index is 2.95. The van der Waals surface area contributed by atoms with E-state index in [9.17, 15) is 0 Å². The highest BCUT2D eigenvalue weighted by molar-refractivity contribution is 5.52. The molecule has 0 unspecified atom stereocenters. The molecule has 0 aliphatic rings. The predicted octanol–water partition coefficient (Wildman–Crippen LogP) is 4.37. The second-order valence-electron chi connectivity index (χ2n) is 5.03. The van der Waals surface area contributed by atoms with Gasteiger partial charge >= 0.3 is 0 Å². The van der Waals surface area contributed by atoms with Crippen molar-refractivity contribution < 1.29 is 9.47 Å². The Morgan fingerprint density at radius 2 is 1.65 bits per heavy atom. The Kier molecular flexibility index (Phi) is 7.68. The lowest BCUT2D eigenvalue weighted by atomic mass is 9.93. The summed E-state index contributed by atoms with van der Waals surface area (Å²) < 4.78 is 11.5. The fourth-order valence-electron chi connectivity index (χ4n) is 2.31. The van der Waals surface area contributed by atoms with Gasteiger partial charge in [-0.15, -0.1) is 0 Å². The molecule has 0 heterocycles. The van der Waals surface area contributed by atoms with Crippen molar-refractivity contribution in [3.63, 3.8) is 0 Å². The van der Waals surface area contributed by atoms with Crippen LogP contribution in [0.4, 0.5) is 0 Å². The van der Waals surface area contributed by atoms with Crippen molar-refractivity contribution in [2.24, 2.45) is 0 Å². The number of ether oxygens (including phenoxy) is 2. The maximum Gasteiger partial charge on any atom is 0.123 e. The molecule has 0 N–H and O–H groups in total. The van der Waals surface area contributed by atoms with Crippen LogP contribution in [0.3, 0.4) is 0 Å². The van der Waals surface area contributed by atoms with Crippen molar-refractivity contribution in [3.8, 4) is 5.75 Å². The molecule has 1 aromatic rings. The first kappa shape index (κ1) is 17.0. The smallest absolute Gasteiger partial charge is 0.123 e. The maximum atomic E-state index is 5.87. The topological polar surface area (TPSA) is 18.5 Å². The first-order chi connectivity index (χ1) is 9.65. The highest BCUT2D eigenvalue weighted by Gasteiger charge is 2.13. The van der Waals surface area contributed by atoms with Gasteiger partial charge in [0.25, 0.3) is 0 Å². The molecule has 2 nitrogen and oxygen atoms in total. The van der Waals surface area contributed by atoms with Gasteiger partial charge in [0.2, 0.25) is 0 Å². The van der Waals surface area contributed by atoms with E-state index in [1.807, 2.05) is 6.07 Å². The number of benzene rings is 1. The summed E-state index contributed by atoms with van der Waals surface area (Å²) in [7, 11) is 0. The molecule has 0 fully saturated rings. The lowest BCUT2D eigenvalue weighted by Crippen LogP contribution is -2.08. The van der Waals surface area contributed by atoms with E-state index in [2.05, 4.69) is 34.6 Å². The van der Waals surface area contributed by atoms with E-state index in [1.54, 1.807) is 0 Å². The molecule has 0 bridgehead atoms. The summed E-state index contributed by atoms with van der Waals surface area (Å²) >= 11 is 0. The fraction of sp³-hybridized carbons (Fsp3) is 0.556. The fourth-order valence-corrected chi connectivity index (χ4v) is 2.31.